The minimum Gasteiger partial charge on any atom is -0.488 e. The van der Waals surface area contributed by atoms with Crippen LogP contribution in [0.25, 0.3) is 0 Å². The van der Waals surface area contributed by atoms with Gasteiger partial charge in [-0.3, -0.25) is 9.59 Å². The van der Waals surface area contributed by atoms with Gasteiger partial charge in [0.2, 0.25) is 0 Å². The number of aliphatic carboxylic acids is 1. The molecule has 6 nitrogen and oxygen atoms in total. The standard InChI is InChI=1S/C17H23NO5/c1-16(2,3)23-13-6-4-12(5-7-13)15(21)18-17(10-14(19)20)8-9-22-11-17/h4-7H,8-11H2,1-3H3,(H,18,21)(H,19,20). The topological polar surface area (TPSA) is 84.9 Å². The van der Waals surface area contributed by atoms with Crippen molar-refractivity contribution < 1.29 is 24.2 Å². The van der Waals surface area contributed by atoms with E-state index in [0.717, 1.165) is 0 Å². The van der Waals surface area contributed by atoms with Crippen molar-refractivity contribution >= 4 is 11.9 Å². The van der Waals surface area contributed by atoms with E-state index in [1.165, 1.54) is 0 Å². The summed E-state index contributed by atoms with van der Waals surface area (Å²) in [6.07, 6.45) is 0.347. The Kier molecular flexibility index (Phi) is 4.94. The monoisotopic (exact) mass is 321 g/mol. The molecule has 1 fully saturated rings. The van der Waals surface area contributed by atoms with Gasteiger partial charge in [-0.1, -0.05) is 0 Å². The highest BCUT2D eigenvalue weighted by Crippen LogP contribution is 2.24. The summed E-state index contributed by atoms with van der Waals surface area (Å²) in [5, 5.41) is 11.9. The lowest BCUT2D eigenvalue weighted by Gasteiger charge is -2.27. The summed E-state index contributed by atoms with van der Waals surface area (Å²) in [6, 6.07) is 6.80. The molecule has 2 N–H and O–H groups in total. The summed E-state index contributed by atoms with van der Waals surface area (Å²) in [5.41, 5.74) is -0.678. The fourth-order valence-corrected chi connectivity index (χ4v) is 2.52. The molecule has 1 aromatic carbocycles. The molecule has 126 valence electrons. The van der Waals surface area contributed by atoms with Gasteiger partial charge in [0.05, 0.1) is 18.6 Å². The number of carbonyl (C=O) groups excluding carboxylic acids is 1. The molecule has 0 bridgehead atoms. The Balaban J connectivity index is 2.06. The van der Waals surface area contributed by atoms with Crippen molar-refractivity contribution in [3.63, 3.8) is 0 Å². The van der Waals surface area contributed by atoms with Crippen LogP contribution in [-0.4, -0.2) is 41.3 Å². The van der Waals surface area contributed by atoms with E-state index < -0.39 is 11.5 Å². The Morgan fingerprint density at radius 3 is 2.43 bits per heavy atom. The molecule has 23 heavy (non-hydrogen) atoms. The number of rotatable bonds is 5. The zero-order chi connectivity index (χ0) is 17.1. The van der Waals surface area contributed by atoms with Gasteiger partial charge in [-0.15, -0.1) is 0 Å². The van der Waals surface area contributed by atoms with Crippen LogP contribution < -0.4 is 10.1 Å². The van der Waals surface area contributed by atoms with E-state index in [9.17, 15) is 9.59 Å². The van der Waals surface area contributed by atoms with Gasteiger partial charge in [0, 0.05) is 12.2 Å². The Hall–Kier alpha value is -2.08. The molecule has 1 aliphatic heterocycles. The first kappa shape index (κ1) is 17.3. The molecule has 6 heteroatoms. The van der Waals surface area contributed by atoms with Crippen molar-refractivity contribution in [1.29, 1.82) is 0 Å². The van der Waals surface area contributed by atoms with Crippen molar-refractivity contribution in [3.8, 4) is 5.75 Å². The highest BCUT2D eigenvalue weighted by molar-refractivity contribution is 5.95. The first-order chi connectivity index (χ1) is 10.7. The van der Waals surface area contributed by atoms with Crippen LogP contribution in [0.15, 0.2) is 24.3 Å². The Labute approximate surface area is 135 Å². The second kappa shape index (κ2) is 6.58. The van der Waals surface area contributed by atoms with Gasteiger partial charge in [0.15, 0.2) is 0 Å². The van der Waals surface area contributed by atoms with Gasteiger partial charge in [-0.05, 0) is 51.5 Å². The number of nitrogens with one attached hydrogen (secondary N) is 1. The van der Waals surface area contributed by atoms with Crippen molar-refractivity contribution in [1.82, 2.24) is 5.32 Å². The van der Waals surface area contributed by atoms with Gasteiger partial charge >= 0.3 is 5.97 Å². The van der Waals surface area contributed by atoms with Gasteiger partial charge in [-0.25, -0.2) is 0 Å². The average Bonchev–Trinajstić information content (AvgIpc) is 2.84. The molecule has 0 aromatic heterocycles. The van der Waals surface area contributed by atoms with E-state index in [-0.39, 0.29) is 24.5 Å². The maximum atomic E-state index is 12.4. The predicted molar refractivity (Wildman–Crippen MR) is 84.7 cm³/mol. The van der Waals surface area contributed by atoms with Crippen LogP contribution in [0.3, 0.4) is 0 Å². The number of carbonyl (C=O) groups is 2. The number of carboxylic acid groups (broad SMARTS) is 1. The van der Waals surface area contributed by atoms with Crippen LogP contribution in [0.4, 0.5) is 0 Å². The summed E-state index contributed by atoms with van der Waals surface area (Å²) < 4.78 is 11.0. The fraction of sp³-hybridized carbons (Fsp3) is 0.529. The lowest BCUT2D eigenvalue weighted by atomic mass is 9.93. The van der Waals surface area contributed by atoms with Crippen LogP contribution in [-0.2, 0) is 9.53 Å². The number of amides is 1. The second-order valence-electron chi connectivity index (χ2n) is 6.85. The van der Waals surface area contributed by atoms with E-state index >= 15 is 0 Å². The van der Waals surface area contributed by atoms with Crippen molar-refractivity contribution in [2.75, 3.05) is 13.2 Å². The maximum Gasteiger partial charge on any atom is 0.305 e. The molecule has 1 amide bonds. The highest BCUT2D eigenvalue weighted by atomic mass is 16.5. The molecule has 1 aliphatic rings. The number of benzene rings is 1. The van der Waals surface area contributed by atoms with Crippen LogP contribution >= 0.6 is 0 Å². The molecular formula is C17H23NO5. The summed E-state index contributed by atoms with van der Waals surface area (Å²) in [7, 11) is 0. The quantitative estimate of drug-likeness (QED) is 0.868. The first-order valence-electron chi connectivity index (χ1n) is 7.60. The predicted octanol–water partition coefficient (Wildman–Crippen LogP) is 2.23. The number of carboxylic acids is 1. The summed E-state index contributed by atoms with van der Waals surface area (Å²) in [4.78, 5) is 23.4. The minimum atomic E-state index is -0.954. The van der Waals surface area contributed by atoms with Gasteiger partial charge in [0.25, 0.3) is 5.91 Å². The molecule has 1 unspecified atom stereocenters. The van der Waals surface area contributed by atoms with Crippen LogP contribution in [0, 0.1) is 0 Å². The molecule has 0 spiro atoms. The van der Waals surface area contributed by atoms with Gasteiger partial charge in [0.1, 0.15) is 11.4 Å². The lowest BCUT2D eigenvalue weighted by molar-refractivity contribution is -0.138. The van der Waals surface area contributed by atoms with E-state index in [1.807, 2.05) is 20.8 Å². The SMILES string of the molecule is CC(C)(C)Oc1ccc(C(=O)NC2(CC(=O)O)CCOC2)cc1. The van der Waals surface area contributed by atoms with Crippen LogP contribution in [0.2, 0.25) is 0 Å². The molecule has 0 saturated carbocycles. The third-order valence-electron chi connectivity index (χ3n) is 3.51. The molecule has 1 aromatic rings. The Morgan fingerprint density at radius 2 is 1.96 bits per heavy atom. The normalized spacial score (nSPS) is 21.0. The highest BCUT2D eigenvalue weighted by Gasteiger charge is 2.38. The lowest BCUT2D eigenvalue weighted by Crippen LogP contribution is -2.50. The molecular weight excluding hydrogens is 298 g/mol. The molecule has 2 rings (SSSR count). The fourth-order valence-electron chi connectivity index (χ4n) is 2.52. The summed E-state index contributed by atoms with van der Waals surface area (Å²) >= 11 is 0. The Morgan fingerprint density at radius 1 is 1.30 bits per heavy atom. The largest absolute Gasteiger partial charge is 0.488 e. The zero-order valence-electron chi connectivity index (χ0n) is 13.7. The van der Waals surface area contributed by atoms with E-state index in [0.29, 0.717) is 24.3 Å². The van der Waals surface area contributed by atoms with Crippen molar-refractivity contribution in [2.45, 2.75) is 44.8 Å². The molecule has 1 saturated heterocycles. The summed E-state index contributed by atoms with van der Waals surface area (Å²) in [6.45, 7) is 6.51. The molecule has 0 aliphatic carbocycles. The van der Waals surface area contributed by atoms with E-state index in [1.54, 1.807) is 24.3 Å². The number of hydrogen-bond donors (Lipinski definition) is 2. The van der Waals surface area contributed by atoms with Gasteiger partial charge < -0.3 is 19.9 Å². The molecule has 1 atom stereocenters. The van der Waals surface area contributed by atoms with E-state index in [2.05, 4.69) is 5.32 Å². The van der Waals surface area contributed by atoms with Crippen LogP contribution in [0.1, 0.15) is 44.0 Å². The number of hydrogen-bond acceptors (Lipinski definition) is 4. The smallest absolute Gasteiger partial charge is 0.305 e. The third-order valence-corrected chi connectivity index (χ3v) is 3.51. The van der Waals surface area contributed by atoms with E-state index in [4.69, 9.17) is 14.6 Å². The number of ether oxygens (including phenoxy) is 2. The van der Waals surface area contributed by atoms with Crippen LogP contribution in [0.5, 0.6) is 5.75 Å². The maximum absolute atomic E-state index is 12.4. The molecule has 0 radical (unpaired) electrons. The second-order valence-corrected chi connectivity index (χ2v) is 6.85. The van der Waals surface area contributed by atoms with Gasteiger partial charge in [-0.2, -0.15) is 0 Å². The zero-order valence-corrected chi connectivity index (χ0v) is 13.7. The first-order valence-corrected chi connectivity index (χ1v) is 7.60. The molecule has 1 heterocycles. The van der Waals surface area contributed by atoms with Crippen molar-refractivity contribution in [3.05, 3.63) is 29.8 Å². The van der Waals surface area contributed by atoms with Crippen molar-refractivity contribution in [2.24, 2.45) is 0 Å². The Bertz CT molecular complexity index is 568. The minimum absolute atomic E-state index is 0.149. The summed E-state index contributed by atoms with van der Waals surface area (Å²) in [5.74, 6) is -0.581. The third kappa shape index (κ3) is 4.96. The average molecular weight is 321 g/mol.